The van der Waals surface area contributed by atoms with E-state index >= 15 is 9.59 Å². The lowest BCUT2D eigenvalue weighted by Gasteiger charge is -2.34. The van der Waals surface area contributed by atoms with Gasteiger partial charge in [0.05, 0.1) is 104 Å². The van der Waals surface area contributed by atoms with Crippen molar-refractivity contribution in [1.29, 1.82) is 0 Å². The van der Waals surface area contributed by atoms with Gasteiger partial charge in [0, 0.05) is 65.2 Å². The number of alkyl halides is 12. The molecular weight excluding hydrogens is 1780 g/mol. The Hall–Kier alpha value is -9.06. The Morgan fingerprint density at radius 2 is 0.862 bits per heavy atom. The molecule has 2 N–H and O–H groups in total. The minimum absolute atomic E-state index is 0.0289. The molecule has 42 heteroatoms. The number of hydrogen-bond donors (Lipinski definition) is 2. The molecule has 2 aromatic carbocycles. The average Bonchev–Trinajstić information content (AvgIpc) is 1.56. The number of hydrogen-bond acceptors (Lipinski definition) is 24. The molecule has 4 saturated carbocycles. The van der Waals surface area contributed by atoms with Crippen LogP contribution in [-0.4, -0.2) is 204 Å². The van der Waals surface area contributed by atoms with Gasteiger partial charge < -0.3 is 47.7 Å². The van der Waals surface area contributed by atoms with Gasteiger partial charge in [0.15, 0.2) is 11.6 Å². The van der Waals surface area contributed by atoms with Gasteiger partial charge in [-0.15, -0.1) is 0 Å². The van der Waals surface area contributed by atoms with Crippen LogP contribution >= 0.6 is 0 Å². The standard InChI is InChI=1S/2C44H56F6N4O10S/c2*1-24(2)62-28-12-13-31-32(17-28)52-37(36(51-31)43(45,46)47)63-29-18-33-34(55)21-42(39(58)53-65(59,60)41(6)14-15-41)20-27(42)11-9-8-10-25(3)16-26(23-61-7)30(38(57)54(33)22-29)19-35(56)64-40(4,5)44(48,49)50/h2*9,11-13,17,24-27,29-30,33H,8,10,14-16,18-23H2,1-7H3,(H,53,58)/b2*11-9-/t25-,26+,27-,29-,30+,33+,42-;25-,26-,27+,29+,30-,33-,42+/m10/s1. The van der Waals surface area contributed by atoms with Gasteiger partial charge in [-0.05, 0) is 206 Å². The minimum Gasteiger partial charge on any atom is -0.491 e. The van der Waals surface area contributed by atoms with Crippen LogP contribution in [0.25, 0.3) is 22.1 Å². The molecule has 4 aromatic rings. The maximum atomic E-state index is 15.1. The molecule has 28 nitrogen and oxygen atoms in total. The van der Waals surface area contributed by atoms with Crippen LogP contribution in [0.1, 0.15) is 210 Å². The second-order valence-corrected chi connectivity index (χ2v) is 42.4. The van der Waals surface area contributed by atoms with Crippen molar-refractivity contribution in [3.63, 3.8) is 0 Å². The molecule has 12 rings (SSSR count). The van der Waals surface area contributed by atoms with E-state index in [2.05, 4.69) is 29.4 Å². The van der Waals surface area contributed by atoms with E-state index < -0.39 is 258 Å². The van der Waals surface area contributed by atoms with Gasteiger partial charge in [-0.1, -0.05) is 38.2 Å². The highest BCUT2D eigenvalue weighted by atomic mass is 32.2. The van der Waals surface area contributed by atoms with Crippen molar-refractivity contribution in [3.05, 3.63) is 72.1 Å². The normalized spacial score (nSPS) is 28.1. The van der Waals surface area contributed by atoms with Crippen molar-refractivity contribution in [3.8, 4) is 23.3 Å². The van der Waals surface area contributed by atoms with Crippen LogP contribution in [0.4, 0.5) is 52.7 Å². The quantitative estimate of drug-likeness (QED) is 0.0374. The van der Waals surface area contributed by atoms with Gasteiger partial charge in [0.1, 0.15) is 23.7 Å². The number of Topliss-reactive ketones (excluding diaryl/α,β-unsaturated/α-hetero) is 2. The minimum atomic E-state index is -5.09. The summed E-state index contributed by atoms with van der Waals surface area (Å²) in [7, 11) is -5.65. The van der Waals surface area contributed by atoms with Crippen LogP contribution in [0.15, 0.2) is 60.7 Å². The fraction of sp³-hybridized carbons (Fsp3) is 0.682. The molecule has 0 spiro atoms. The largest absolute Gasteiger partial charge is 0.491 e. The third kappa shape index (κ3) is 23.2. The molecule has 2 saturated heterocycles. The molecule has 720 valence electrons. The van der Waals surface area contributed by atoms with Crippen LogP contribution in [0.3, 0.4) is 0 Å². The summed E-state index contributed by atoms with van der Waals surface area (Å²) in [5, 5.41) is 0. The number of benzene rings is 2. The first kappa shape index (κ1) is 101. The number of carbonyl (C=O) groups excluding carboxylic acids is 8. The molecule has 4 amide bonds. The third-order valence-corrected chi connectivity index (χ3v) is 30.2. The summed E-state index contributed by atoms with van der Waals surface area (Å²) in [6.07, 6.45) is -16.4. The summed E-state index contributed by atoms with van der Waals surface area (Å²) in [5.74, 6) is -15.4. The molecule has 0 radical (unpaired) electrons. The number of rotatable bonds is 24. The van der Waals surface area contributed by atoms with E-state index in [4.69, 9.17) is 37.9 Å². The van der Waals surface area contributed by atoms with Gasteiger partial charge in [0.25, 0.3) is 0 Å². The Kier molecular flexibility index (Phi) is 29.8. The number of ketones is 2. The molecule has 4 aliphatic carbocycles. The zero-order chi connectivity index (χ0) is 96.2. The van der Waals surface area contributed by atoms with E-state index in [0.29, 0.717) is 79.1 Å². The summed E-state index contributed by atoms with van der Waals surface area (Å²) in [5.41, 5.74) is -12.4. The van der Waals surface area contributed by atoms with Gasteiger partial charge in [-0.3, -0.25) is 47.8 Å². The first-order chi connectivity index (χ1) is 60.2. The molecule has 6 heterocycles. The van der Waals surface area contributed by atoms with E-state index in [-0.39, 0.29) is 96.5 Å². The topological polar surface area (TPSA) is 361 Å². The van der Waals surface area contributed by atoms with Gasteiger partial charge in [-0.25, -0.2) is 36.8 Å². The third-order valence-electron chi connectivity index (χ3n) is 25.9. The number of aromatic nitrogens is 4. The zero-order valence-electron chi connectivity index (χ0n) is 74.6. The van der Waals surface area contributed by atoms with Crippen LogP contribution in [0.5, 0.6) is 23.3 Å². The molecule has 130 heavy (non-hydrogen) atoms. The lowest BCUT2D eigenvalue weighted by Crippen LogP contribution is -2.49. The number of methoxy groups -OCH3 is 2. The van der Waals surface area contributed by atoms with E-state index in [9.17, 15) is 98.3 Å². The number of esters is 2. The van der Waals surface area contributed by atoms with Crippen molar-refractivity contribution >= 4 is 89.2 Å². The van der Waals surface area contributed by atoms with Crippen molar-refractivity contribution in [2.75, 3.05) is 40.5 Å². The number of ether oxygens (including phenoxy) is 8. The second kappa shape index (κ2) is 38.1. The highest BCUT2D eigenvalue weighted by molar-refractivity contribution is 7.92. The zero-order valence-corrected chi connectivity index (χ0v) is 76.2. The smallest absolute Gasteiger partial charge is 0.438 e. The summed E-state index contributed by atoms with van der Waals surface area (Å²) in [4.78, 5) is 133. The number of fused-ring (bicyclic) bond motifs is 6. The van der Waals surface area contributed by atoms with Crippen molar-refractivity contribution < 1.29 is 146 Å². The van der Waals surface area contributed by atoms with Crippen LogP contribution < -0.4 is 28.4 Å². The Balaban J connectivity index is 0.000000251. The SMILES string of the molecule is COC[C@@H]1C[C@@H](C)CC/C=C\[C@@H]2C[C@@]2(C(=O)NS(=O)(=O)C2(C)CC2)CC(=O)[C@@H]2C[C@@H](Oc3nc4cc(OC(C)C)ccc4nc3C(F)(F)F)CN2C(=O)[C@H]1CC(=O)OC(C)(C)C(F)(F)F.COC[C@@H]1C[C@H](C)CC/C=C\[C@@H]2C[C@@]2(C(=O)NS(=O)(=O)C2(C)CC2)CC(=O)[C@@H]2C[C@@H](Oc3nc4cc(OC(C)C)ccc4nc3C(F)(F)F)CN2C(=O)[C@H]1CC(=O)OC(C)(C)C(F)(F)F. The number of sulfonamides is 2. The number of allylic oxidation sites excluding steroid dienone is 4. The predicted octanol–water partition coefficient (Wildman–Crippen LogP) is 14.6. The Bertz CT molecular complexity index is 4920. The summed E-state index contributed by atoms with van der Waals surface area (Å²) < 4.78 is 270. The highest BCUT2D eigenvalue weighted by Crippen LogP contribution is 2.60. The molecule has 0 bridgehead atoms. The van der Waals surface area contributed by atoms with Gasteiger partial charge in [-0.2, -0.15) is 52.7 Å². The summed E-state index contributed by atoms with van der Waals surface area (Å²) in [6, 6.07) is 5.15. The lowest BCUT2D eigenvalue weighted by molar-refractivity contribution is -0.257. The molecule has 4 aliphatic heterocycles. The molecule has 2 aromatic heterocycles. The second-order valence-electron chi connectivity index (χ2n) is 38.0. The number of nitrogens with one attached hydrogen (secondary N) is 2. The van der Waals surface area contributed by atoms with Crippen LogP contribution in [0.2, 0.25) is 0 Å². The van der Waals surface area contributed by atoms with E-state index in [1.807, 2.05) is 26.0 Å². The Labute approximate surface area is 745 Å². The number of halogens is 12. The van der Waals surface area contributed by atoms with E-state index in [0.717, 1.165) is 9.80 Å². The Morgan fingerprint density at radius 1 is 0.515 bits per heavy atom. The molecule has 8 aliphatic rings. The predicted molar refractivity (Wildman–Crippen MR) is 443 cm³/mol. The van der Waals surface area contributed by atoms with E-state index in [1.54, 1.807) is 39.8 Å². The molecular formula is C88H112F12N8O20S2. The molecule has 14 atom stereocenters. The van der Waals surface area contributed by atoms with E-state index in [1.165, 1.54) is 64.5 Å². The Morgan fingerprint density at radius 3 is 1.17 bits per heavy atom. The van der Waals surface area contributed by atoms with Crippen LogP contribution in [0, 0.1) is 58.2 Å². The van der Waals surface area contributed by atoms with Crippen LogP contribution in [-0.2, 0) is 89.7 Å². The molecule has 0 unspecified atom stereocenters. The van der Waals surface area contributed by atoms with Gasteiger partial charge in [0.2, 0.25) is 78.0 Å². The lowest BCUT2D eigenvalue weighted by atomic mass is 9.81. The number of nitrogens with zero attached hydrogens (tertiary/aromatic N) is 6. The molecule has 6 fully saturated rings. The highest BCUT2D eigenvalue weighted by Gasteiger charge is 2.66. The average molecular weight is 1890 g/mol. The first-order valence-corrected chi connectivity index (χ1v) is 46.3. The summed E-state index contributed by atoms with van der Waals surface area (Å²) in [6.45, 7) is 14.9. The first-order valence-electron chi connectivity index (χ1n) is 43.3. The maximum absolute atomic E-state index is 15.1. The maximum Gasteiger partial charge on any atom is 0.438 e. The van der Waals surface area contributed by atoms with Gasteiger partial charge >= 0.3 is 36.6 Å². The number of amides is 4. The van der Waals surface area contributed by atoms with Crippen molar-refractivity contribution in [2.45, 2.75) is 281 Å². The fourth-order valence-electron chi connectivity index (χ4n) is 17.3. The van der Waals surface area contributed by atoms with Crippen molar-refractivity contribution in [2.24, 2.45) is 58.2 Å². The number of carbonyl (C=O) groups is 8. The fourth-order valence-corrected chi connectivity index (χ4v) is 19.9. The monoisotopic (exact) mass is 1890 g/mol. The van der Waals surface area contributed by atoms with Crippen molar-refractivity contribution in [1.82, 2.24) is 39.2 Å². The summed E-state index contributed by atoms with van der Waals surface area (Å²) >= 11 is 0.